The van der Waals surface area contributed by atoms with Gasteiger partial charge < -0.3 is 15.0 Å². The Morgan fingerprint density at radius 2 is 2.29 bits per heavy atom. The molecular formula is C14H16BrFN2O3. The van der Waals surface area contributed by atoms with Gasteiger partial charge >= 0.3 is 0 Å². The maximum Gasteiger partial charge on any atom is 0.255 e. The van der Waals surface area contributed by atoms with Crippen molar-refractivity contribution in [3.63, 3.8) is 0 Å². The molecule has 21 heavy (non-hydrogen) atoms. The van der Waals surface area contributed by atoms with Crippen molar-refractivity contribution in [3.8, 4) is 0 Å². The Balaban J connectivity index is 2.26. The van der Waals surface area contributed by atoms with E-state index in [1.807, 2.05) is 0 Å². The van der Waals surface area contributed by atoms with Gasteiger partial charge in [0.15, 0.2) is 0 Å². The first-order valence-corrected chi connectivity index (χ1v) is 7.45. The number of benzene rings is 1. The van der Waals surface area contributed by atoms with E-state index in [0.717, 1.165) is 6.07 Å². The van der Waals surface area contributed by atoms with Crippen LogP contribution in [0.2, 0.25) is 0 Å². The van der Waals surface area contributed by atoms with Crippen molar-refractivity contribution < 1.29 is 18.7 Å². The smallest absolute Gasteiger partial charge is 0.255 e. The highest BCUT2D eigenvalue weighted by Crippen LogP contribution is 2.21. The zero-order valence-electron chi connectivity index (χ0n) is 11.6. The van der Waals surface area contributed by atoms with Gasteiger partial charge in [0.1, 0.15) is 11.9 Å². The summed E-state index contributed by atoms with van der Waals surface area (Å²) >= 11 is 3.24. The Bertz CT molecular complexity index is 553. The maximum atomic E-state index is 13.4. The lowest BCUT2D eigenvalue weighted by Crippen LogP contribution is -2.55. The third-order valence-corrected chi connectivity index (χ3v) is 3.89. The van der Waals surface area contributed by atoms with E-state index in [4.69, 9.17) is 4.74 Å². The summed E-state index contributed by atoms with van der Waals surface area (Å²) in [5.74, 6) is -1.15. The fourth-order valence-electron chi connectivity index (χ4n) is 2.17. The standard InChI is InChI=1S/C14H16BrFN2O3/c1-2-17-13(19)12-8-21-6-5-18(12)14(20)10-7-9(16)3-4-11(10)15/h3-4,7,12H,2,5-6,8H2,1H3,(H,17,19). The number of rotatable bonds is 3. The lowest BCUT2D eigenvalue weighted by molar-refractivity contribution is -0.130. The number of carbonyl (C=O) groups excluding carboxylic acids is 2. The summed E-state index contributed by atoms with van der Waals surface area (Å²) in [6.45, 7) is 3.07. The molecule has 1 N–H and O–H groups in total. The number of nitrogens with one attached hydrogen (secondary N) is 1. The molecule has 1 fully saturated rings. The van der Waals surface area contributed by atoms with Crippen LogP contribution in [0, 0.1) is 5.82 Å². The van der Waals surface area contributed by atoms with Gasteiger partial charge in [0.25, 0.3) is 5.91 Å². The Kier molecular flexibility index (Phi) is 5.30. The fourth-order valence-corrected chi connectivity index (χ4v) is 2.59. The lowest BCUT2D eigenvalue weighted by Gasteiger charge is -2.34. The molecule has 0 saturated carbocycles. The van der Waals surface area contributed by atoms with Crippen LogP contribution in [0.5, 0.6) is 0 Å². The Morgan fingerprint density at radius 3 is 3.00 bits per heavy atom. The highest BCUT2D eigenvalue weighted by molar-refractivity contribution is 9.10. The number of hydrogen-bond acceptors (Lipinski definition) is 3. The van der Waals surface area contributed by atoms with Gasteiger partial charge in [-0.25, -0.2) is 4.39 Å². The Hall–Kier alpha value is -1.47. The topological polar surface area (TPSA) is 58.6 Å². The number of likely N-dealkylation sites (N-methyl/N-ethyl adjacent to an activating group) is 1. The molecule has 2 rings (SSSR count). The Labute approximate surface area is 130 Å². The normalized spacial score (nSPS) is 18.4. The second-order valence-electron chi connectivity index (χ2n) is 4.61. The van der Waals surface area contributed by atoms with Crippen LogP contribution in [-0.4, -0.2) is 49.1 Å². The molecule has 0 radical (unpaired) electrons. The summed E-state index contributed by atoms with van der Waals surface area (Å²) in [7, 11) is 0. The molecule has 1 aromatic carbocycles. The van der Waals surface area contributed by atoms with Crippen LogP contribution in [0.25, 0.3) is 0 Å². The zero-order chi connectivity index (χ0) is 15.4. The lowest BCUT2D eigenvalue weighted by atomic mass is 10.1. The number of carbonyl (C=O) groups is 2. The van der Waals surface area contributed by atoms with Gasteiger partial charge in [0, 0.05) is 17.6 Å². The van der Waals surface area contributed by atoms with E-state index in [1.54, 1.807) is 6.92 Å². The van der Waals surface area contributed by atoms with Crippen LogP contribution in [0.4, 0.5) is 4.39 Å². The summed E-state index contributed by atoms with van der Waals surface area (Å²) in [6, 6.07) is 3.21. The number of nitrogens with zero attached hydrogens (tertiary/aromatic N) is 1. The summed E-state index contributed by atoms with van der Waals surface area (Å²) in [6.07, 6.45) is 0. The van der Waals surface area contributed by atoms with Crippen LogP contribution in [-0.2, 0) is 9.53 Å². The number of morpholine rings is 1. The van der Waals surface area contributed by atoms with E-state index in [2.05, 4.69) is 21.2 Å². The number of amides is 2. The molecule has 1 aromatic rings. The molecule has 114 valence electrons. The molecule has 0 aliphatic carbocycles. The third-order valence-electron chi connectivity index (χ3n) is 3.20. The van der Waals surface area contributed by atoms with Gasteiger partial charge in [0.2, 0.25) is 5.91 Å². The molecule has 2 amide bonds. The van der Waals surface area contributed by atoms with Crippen LogP contribution in [0.3, 0.4) is 0 Å². The van der Waals surface area contributed by atoms with Crippen LogP contribution >= 0.6 is 15.9 Å². The van der Waals surface area contributed by atoms with Crippen molar-refractivity contribution in [2.24, 2.45) is 0 Å². The fraction of sp³-hybridized carbons (Fsp3) is 0.429. The second kappa shape index (κ2) is 7.00. The van der Waals surface area contributed by atoms with Crippen LogP contribution < -0.4 is 5.32 Å². The van der Waals surface area contributed by atoms with E-state index in [9.17, 15) is 14.0 Å². The Morgan fingerprint density at radius 1 is 1.52 bits per heavy atom. The number of hydrogen-bond donors (Lipinski definition) is 1. The molecule has 1 saturated heterocycles. The van der Waals surface area contributed by atoms with Gasteiger partial charge in [-0.05, 0) is 41.1 Å². The van der Waals surface area contributed by atoms with E-state index in [1.165, 1.54) is 17.0 Å². The summed E-state index contributed by atoms with van der Waals surface area (Å²) < 4.78 is 19.1. The quantitative estimate of drug-likeness (QED) is 0.891. The van der Waals surface area contributed by atoms with Crippen molar-refractivity contribution in [2.45, 2.75) is 13.0 Å². The van der Waals surface area contributed by atoms with Crippen LogP contribution in [0.15, 0.2) is 22.7 Å². The second-order valence-corrected chi connectivity index (χ2v) is 5.46. The monoisotopic (exact) mass is 358 g/mol. The van der Waals surface area contributed by atoms with Gasteiger partial charge in [-0.1, -0.05) is 0 Å². The first-order chi connectivity index (χ1) is 10.0. The number of ether oxygens (including phenoxy) is 1. The van der Waals surface area contributed by atoms with Crippen molar-refractivity contribution in [2.75, 3.05) is 26.3 Å². The third kappa shape index (κ3) is 3.59. The predicted octanol–water partition coefficient (Wildman–Crippen LogP) is 1.57. The first-order valence-electron chi connectivity index (χ1n) is 6.66. The molecule has 0 aromatic heterocycles. The molecule has 0 bridgehead atoms. The maximum absolute atomic E-state index is 13.4. The molecule has 5 nitrogen and oxygen atoms in total. The van der Waals surface area contributed by atoms with Gasteiger partial charge in [-0.3, -0.25) is 9.59 Å². The average Bonchev–Trinajstić information content (AvgIpc) is 2.49. The SMILES string of the molecule is CCNC(=O)C1COCCN1C(=O)c1cc(F)ccc1Br. The molecule has 1 heterocycles. The highest BCUT2D eigenvalue weighted by atomic mass is 79.9. The zero-order valence-corrected chi connectivity index (χ0v) is 13.2. The van der Waals surface area contributed by atoms with Gasteiger partial charge in [-0.15, -0.1) is 0 Å². The van der Waals surface area contributed by atoms with Gasteiger partial charge in [0.05, 0.1) is 18.8 Å². The van der Waals surface area contributed by atoms with E-state index in [0.29, 0.717) is 24.2 Å². The molecule has 1 aliphatic rings. The van der Waals surface area contributed by atoms with E-state index >= 15 is 0 Å². The molecule has 1 atom stereocenters. The minimum atomic E-state index is -0.693. The summed E-state index contributed by atoms with van der Waals surface area (Å²) in [5.41, 5.74) is 0.200. The minimum Gasteiger partial charge on any atom is -0.377 e. The largest absolute Gasteiger partial charge is 0.377 e. The highest BCUT2D eigenvalue weighted by Gasteiger charge is 2.33. The summed E-state index contributed by atoms with van der Waals surface area (Å²) in [5, 5.41) is 2.68. The number of halogens is 2. The predicted molar refractivity (Wildman–Crippen MR) is 78.4 cm³/mol. The van der Waals surface area contributed by atoms with Crippen LogP contribution in [0.1, 0.15) is 17.3 Å². The molecule has 1 aliphatic heterocycles. The average molecular weight is 359 g/mol. The molecule has 1 unspecified atom stereocenters. The molecular weight excluding hydrogens is 343 g/mol. The van der Waals surface area contributed by atoms with Crippen molar-refractivity contribution in [1.29, 1.82) is 0 Å². The van der Waals surface area contributed by atoms with Gasteiger partial charge in [-0.2, -0.15) is 0 Å². The molecule has 0 spiro atoms. The first kappa shape index (κ1) is 15.9. The van der Waals surface area contributed by atoms with Crippen molar-refractivity contribution in [1.82, 2.24) is 10.2 Å². The minimum absolute atomic E-state index is 0.143. The van der Waals surface area contributed by atoms with Crippen molar-refractivity contribution in [3.05, 3.63) is 34.1 Å². The molecule has 7 heteroatoms. The van der Waals surface area contributed by atoms with E-state index < -0.39 is 11.9 Å². The van der Waals surface area contributed by atoms with Crippen molar-refractivity contribution >= 4 is 27.7 Å². The summed E-state index contributed by atoms with van der Waals surface area (Å²) in [4.78, 5) is 26.0. The van der Waals surface area contributed by atoms with E-state index in [-0.39, 0.29) is 24.0 Å².